The van der Waals surface area contributed by atoms with E-state index in [1.807, 2.05) is 13.8 Å². The molecule has 0 radical (unpaired) electrons. The SMILES string of the molecule is CC(C)C(=O)c1cnn(Cc2ccccc2F)c1. The number of rotatable bonds is 4. The molecule has 1 heterocycles. The Labute approximate surface area is 105 Å². The van der Waals surface area contributed by atoms with Crippen LogP contribution in [0.4, 0.5) is 4.39 Å². The van der Waals surface area contributed by atoms with Gasteiger partial charge in [0.2, 0.25) is 0 Å². The topological polar surface area (TPSA) is 34.9 Å². The fourth-order valence-corrected chi connectivity index (χ4v) is 1.71. The predicted octanol–water partition coefficient (Wildman–Crippen LogP) is 2.91. The predicted molar refractivity (Wildman–Crippen MR) is 66.9 cm³/mol. The third-order valence-corrected chi connectivity index (χ3v) is 2.73. The van der Waals surface area contributed by atoms with E-state index in [4.69, 9.17) is 0 Å². The molecule has 0 amide bonds. The third kappa shape index (κ3) is 2.64. The number of hydrogen-bond acceptors (Lipinski definition) is 2. The molecule has 0 aliphatic carbocycles. The Bertz CT molecular complexity index is 560. The van der Waals surface area contributed by atoms with Crippen molar-refractivity contribution in [3.63, 3.8) is 0 Å². The van der Waals surface area contributed by atoms with Crippen LogP contribution < -0.4 is 0 Å². The molecule has 1 aromatic heterocycles. The molecule has 3 nitrogen and oxygen atoms in total. The summed E-state index contributed by atoms with van der Waals surface area (Å²) in [6, 6.07) is 6.55. The van der Waals surface area contributed by atoms with Crippen LogP contribution in [-0.4, -0.2) is 15.6 Å². The monoisotopic (exact) mass is 246 g/mol. The third-order valence-electron chi connectivity index (χ3n) is 2.73. The van der Waals surface area contributed by atoms with Gasteiger partial charge in [0, 0.05) is 17.7 Å². The zero-order valence-electron chi connectivity index (χ0n) is 10.4. The maximum atomic E-state index is 13.5. The van der Waals surface area contributed by atoms with Crippen LogP contribution in [0.1, 0.15) is 29.8 Å². The van der Waals surface area contributed by atoms with Crippen LogP contribution in [0.3, 0.4) is 0 Å². The molecule has 2 aromatic rings. The molecular weight excluding hydrogens is 231 g/mol. The molecule has 0 aliphatic rings. The number of carbonyl (C=O) groups is 1. The molecule has 0 bridgehead atoms. The van der Waals surface area contributed by atoms with E-state index in [1.165, 1.54) is 12.3 Å². The van der Waals surface area contributed by atoms with Gasteiger partial charge in [0.25, 0.3) is 0 Å². The minimum absolute atomic E-state index is 0.0507. The van der Waals surface area contributed by atoms with Crippen LogP contribution in [0, 0.1) is 11.7 Å². The molecule has 1 aromatic carbocycles. The number of benzene rings is 1. The van der Waals surface area contributed by atoms with Crippen molar-refractivity contribution in [2.45, 2.75) is 20.4 Å². The summed E-state index contributed by atoms with van der Waals surface area (Å²) >= 11 is 0. The molecule has 4 heteroatoms. The number of aromatic nitrogens is 2. The van der Waals surface area contributed by atoms with E-state index in [9.17, 15) is 9.18 Å². The standard InChI is InChI=1S/C14H15FN2O/c1-10(2)14(18)12-7-16-17(9-12)8-11-5-3-4-6-13(11)15/h3-7,9-10H,8H2,1-2H3. The molecule has 0 saturated heterocycles. The second kappa shape index (κ2) is 5.12. The van der Waals surface area contributed by atoms with E-state index in [0.29, 0.717) is 17.7 Å². The van der Waals surface area contributed by atoms with Crippen LogP contribution in [0.5, 0.6) is 0 Å². The number of carbonyl (C=O) groups excluding carboxylic acids is 1. The lowest BCUT2D eigenvalue weighted by atomic mass is 10.0. The Balaban J connectivity index is 2.17. The highest BCUT2D eigenvalue weighted by atomic mass is 19.1. The molecular formula is C14H15FN2O. The molecule has 18 heavy (non-hydrogen) atoms. The zero-order valence-corrected chi connectivity index (χ0v) is 10.4. The van der Waals surface area contributed by atoms with Gasteiger partial charge in [-0.2, -0.15) is 5.10 Å². The zero-order chi connectivity index (χ0) is 13.1. The second-order valence-electron chi connectivity index (χ2n) is 4.54. The van der Waals surface area contributed by atoms with Crippen LogP contribution in [0.15, 0.2) is 36.7 Å². The van der Waals surface area contributed by atoms with E-state index in [1.54, 1.807) is 29.1 Å². The molecule has 0 N–H and O–H groups in total. The van der Waals surface area contributed by atoms with Gasteiger partial charge in [-0.1, -0.05) is 32.0 Å². The minimum Gasteiger partial charge on any atom is -0.294 e. The Hall–Kier alpha value is -1.97. The summed E-state index contributed by atoms with van der Waals surface area (Å²) in [7, 11) is 0. The first-order chi connectivity index (χ1) is 8.58. The summed E-state index contributed by atoms with van der Waals surface area (Å²) in [5.74, 6) is -0.268. The lowest BCUT2D eigenvalue weighted by Gasteiger charge is -2.03. The molecule has 2 rings (SSSR count). The number of Topliss-reactive ketones (excluding diaryl/α,β-unsaturated/α-hetero) is 1. The number of halogens is 1. The van der Waals surface area contributed by atoms with Crippen molar-refractivity contribution in [2.75, 3.05) is 0 Å². The van der Waals surface area contributed by atoms with Gasteiger partial charge in [0.05, 0.1) is 18.3 Å². The number of nitrogens with zero attached hydrogens (tertiary/aromatic N) is 2. The van der Waals surface area contributed by atoms with Gasteiger partial charge in [-0.25, -0.2) is 4.39 Å². The fraction of sp³-hybridized carbons (Fsp3) is 0.286. The van der Waals surface area contributed by atoms with Crippen LogP contribution >= 0.6 is 0 Å². The summed E-state index contributed by atoms with van der Waals surface area (Å²) in [6.07, 6.45) is 3.19. The van der Waals surface area contributed by atoms with Crippen molar-refractivity contribution in [3.05, 3.63) is 53.6 Å². The average Bonchev–Trinajstić information content (AvgIpc) is 2.79. The fourth-order valence-electron chi connectivity index (χ4n) is 1.71. The number of ketones is 1. The average molecular weight is 246 g/mol. The molecule has 0 saturated carbocycles. The quantitative estimate of drug-likeness (QED) is 0.777. The van der Waals surface area contributed by atoms with Crippen molar-refractivity contribution < 1.29 is 9.18 Å². The highest BCUT2D eigenvalue weighted by Gasteiger charge is 2.13. The van der Waals surface area contributed by atoms with Gasteiger partial charge in [-0.05, 0) is 6.07 Å². The van der Waals surface area contributed by atoms with Crippen LogP contribution in [0.2, 0.25) is 0 Å². The Morgan fingerprint density at radius 3 is 2.78 bits per heavy atom. The van der Waals surface area contributed by atoms with Crippen molar-refractivity contribution in [2.24, 2.45) is 5.92 Å². The van der Waals surface area contributed by atoms with Crippen molar-refractivity contribution in [1.29, 1.82) is 0 Å². The van der Waals surface area contributed by atoms with Crippen LogP contribution in [0.25, 0.3) is 0 Å². The normalized spacial score (nSPS) is 10.9. The van der Waals surface area contributed by atoms with E-state index < -0.39 is 0 Å². The summed E-state index contributed by atoms with van der Waals surface area (Å²) in [5.41, 5.74) is 1.13. The van der Waals surface area contributed by atoms with E-state index in [0.717, 1.165) is 0 Å². The molecule has 0 fully saturated rings. The molecule has 0 unspecified atom stereocenters. The van der Waals surface area contributed by atoms with E-state index in [-0.39, 0.29) is 17.5 Å². The largest absolute Gasteiger partial charge is 0.294 e. The smallest absolute Gasteiger partial charge is 0.168 e. The molecule has 0 aliphatic heterocycles. The van der Waals surface area contributed by atoms with Crippen molar-refractivity contribution >= 4 is 5.78 Å². The first kappa shape index (κ1) is 12.5. The maximum absolute atomic E-state index is 13.5. The van der Waals surface area contributed by atoms with Crippen molar-refractivity contribution in [3.8, 4) is 0 Å². The maximum Gasteiger partial charge on any atom is 0.168 e. The second-order valence-corrected chi connectivity index (χ2v) is 4.54. The Kier molecular flexibility index (Phi) is 3.55. The van der Waals surface area contributed by atoms with Gasteiger partial charge < -0.3 is 0 Å². The van der Waals surface area contributed by atoms with E-state index in [2.05, 4.69) is 5.10 Å². The number of hydrogen-bond donors (Lipinski definition) is 0. The minimum atomic E-state index is -0.260. The first-order valence-corrected chi connectivity index (χ1v) is 5.88. The van der Waals surface area contributed by atoms with Crippen molar-refractivity contribution in [1.82, 2.24) is 9.78 Å². The molecule has 94 valence electrons. The summed E-state index contributed by atoms with van der Waals surface area (Å²) in [6.45, 7) is 4.02. The first-order valence-electron chi connectivity index (χ1n) is 5.88. The van der Waals surface area contributed by atoms with Gasteiger partial charge in [-0.15, -0.1) is 0 Å². The lowest BCUT2D eigenvalue weighted by molar-refractivity contribution is 0.0939. The van der Waals surface area contributed by atoms with Gasteiger partial charge in [0.15, 0.2) is 5.78 Å². The molecule has 0 atom stereocenters. The van der Waals surface area contributed by atoms with E-state index >= 15 is 0 Å². The highest BCUT2D eigenvalue weighted by Crippen LogP contribution is 2.11. The summed E-state index contributed by atoms with van der Waals surface area (Å²) < 4.78 is 15.0. The summed E-state index contributed by atoms with van der Waals surface area (Å²) in [5, 5.41) is 4.09. The van der Waals surface area contributed by atoms with Gasteiger partial charge in [0.1, 0.15) is 5.82 Å². The van der Waals surface area contributed by atoms with Gasteiger partial charge >= 0.3 is 0 Å². The molecule has 0 spiro atoms. The summed E-state index contributed by atoms with van der Waals surface area (Å²) in [4.78, 5) is 11.7. The Morgan fingerprint density at radius 2 is 2.11 bits per heavy atom. The lowest BCUT2D eigenvalue weighted by Crippen LogP contribution is -2.06. The highest BCUT2D eigenvalue weighted by molar-refractivity contribution is 5.96. The van der Waals surface area contributed by atoms with Gasteiger partial charge in [-0.3, -0.25) is 9.48 Å². The van der Waals surface area contributed by atoms with Crippen LogP contribution in [-0.2, 0) is 6.54 Å². The Morgan fingerprint density at radius 1 is 1.39 bits per heavy atom.